The Morgan fingerprint density at radius 3 is 2.93 bits per heavy atom. The number of anilines is 2. The molecule has 0 aromatic heterocycles. The third-order valence-corrected chi connectivity index (χ3v) is 2.62. The predicted octanol–water partition coefficient (Wildman–Crippen LogP) is 0.878. The average molecular weight is 205 g/mol. The van der Waals surface area contributed by atoms with Gasteiger partial charge in [0, 0.05) is 24.3 Å². The number of carbonyl (C=O) groups is 1. The molecule has 1 saturated heterocycles. The Morgan fingerprint density at radius 2 is 2.33 bits per heavy atom. The summed E-state index contributed by atoms with van der Waals surface area (Å²) in [4.78, 5) is 11.0. The van der Waals surface area contributed by atoms with Gasteiger partial charge in [-0.3, -0.25) is 4.79 Å². The highest BCUT2D eigenvalue weighted by atomic mass is 16.1. The molecule has 15 heavy (non-hydrogen) atoms. The van der Waals surface area contributed by atoms with Gasteiger partial charge in [0.25, 0.3) is 0 Å². The van der Waals surface area contributed by atoms with E-state index in [-0.39, 0.29) is 11.9 Å². The van der Waals surface area contributed by atoms with Gasteiger partial charge in [-0.2, -0.15) is 0 Å². The van der Waals surface area contributed by atoms with Gasteiger partial charge in [0.05, 0.1) is 6.04 Å². The second-order valence-corrected chi connectivity index (χ2v) is 3.92. The molecule has 1 fully saturated rings. The van der Waals surface area contributed by atoms with Crippen LogP contribution in [0.4, 0.5) is 11.4 Å². The smallest absolute Gasteiger partial charge is 0.222 e. The summed E-state index contributed by atoms with van der Waals surface area (Å²) in [7, 11) is 0. The van der Waals surface area contributed by atoms with Crippen LogP contribution in [-0.2, 0) is 4.79 Å². The molecule has 1 amide bonds. The minimum absolute atomic E-state index is 0.111. The number of carbonyl (C=O) groups excluding carboxylic acids is 1. The maximum Gasteiger partial charge on any atom is 0.222 e. The van der Waals surface area contributed by atoms with E-state index in [0.29, 0.717) is 13.0 Å². The van der Waals surface area contributed by atoms with Crippen LogP contribution in [0.3, 0.4) is 0 Å². The highest BCUT2D eigenvalue weighted by Gasteiger charge is 2.20. The van der Waals surface area contributed by atoms with Crippen LogP contribution in [0.25, 0.3) is 0 Å². The van der Waals surface area contributed by atoms with Gasteiger partial charge in [-0.1, -0.05) is 0 Å². The zero-order valence-electron chi connectivity index (χ0n) is 8.71. The van der Waals surface area contributed by atoms with Crippen molar-refractivity contribution in [1.29, 1.82) is 0 Å². The van der Waals surface area contributed by atoms with Crippen LogP contribution in [0.1, 0.15) is 12.0 Å². The van der Waals surface area contributed by atoms with Gasteiger partial charge >= 0.3 is 0 Å². The zero-order valence-corrected chi connectivity index (χ0v) is 8.71. The number of nitrogens with two attached hydrogens (primary N) is 1. The van der Waals surface area contributed by atoms with Crippen LogP contribution < -0.4 is 16.4 Å². The van der Waals surface area contributed by atoms with Gasteiger partial charge in [0.2, 0.25) is 5.91 Å². The van der Waals surface area contributed by atoms with Crippen LogP contribution in [0, 0.1) is 6.92 Å². The van der Waals surface area contributed by atoms with Gasteiger partial charge in [-0.25, -0.2) is 0 Å². The second-order valence-electron chi connectivity index (χ2n) is 3.92. The minimum atomic E-state index is 0.111. The summed E-state index contributed by atoms with van der Waals surface area (Å²) in [6, 6.07) is 6.01. The summed E-state index contributed by atoms with van der Waals surface area (Å²) in [5, 5.41) is 6.09. The van der Waals surface area contributed by atoms with Crippen molar-refractivity contribution in [1.82, 2.24) is 5.32 Å². The Bertz CT molecular complexity index is 389. The lowest BCUT2D eigenvalue weighted by atomic mass is 10.1. The van der Waals surface area contributed by atoms with Gasteiger partial charge in [0.1, 0.15) is 0 Å². The Hall–Kier alpha value is -1.71. The molecule has 0 aliphatic carbocycles. The third kappa shape index (κ3) is 2.21. The van der Waals surface area contributed by atoms with E-state index in [4.69, 9.17) is 5.73 Å². The first-order chi connectivity index (χ1) is 7.15. The molecule has 1 heterocycles. The van der Waals surface area contributed by atoms with E-state index in [9.17, 15) is 4.79 Å². The molecular weight excluding hydrogens is 190 g/mol. The Kier molecular flexibility index (Phi) is 2.49. The monoisotopic (exact) mass is 205 g/mol. The van der Waals surface area contributed by atoms with Crippen molar-refractivity contribution in [2.24, 2.45) is 0 Å². The fraction of sp³-hybridized carbons (Fsp3) is 0.364. The van der Waals surface area contributed by atoms with Crippen LogP contribution in [0.15, 0.2) is 18.2 Å². The molecule has 1 aromatic carbocycles. The fourth-order valence-corrected chi connectivity index (χ4v) is 1.71. The molecular formula is C11H15N3O. The van der Waals surface area contributed by atoms with Crippen molar-refractivity contribution >= 4 is 17.3 Å². The Balaban J connectivity index is 2.05. The lowest BCUT2D eigenvalue weighted by Crippen LogP contribution is -2.22. The lowest BCUT2D eigenvalue weighted by molar-refractivity contribution is -0.119. The lowest BCUT2D eigenvalue weighted by Gasteiger charge is -2.13. The molecule has 2 rings (SSSR count). The maximum atomic E-state index is 11.0. The number of hydrogen-bond acceptors (Lipinski definition) is 3. The van der Waals surface area contributed by atoms with Gasteiger partial charge < -0.3 is 16.4 Å². The molecule has 1 aliphatic heterocycles. The standard InChI is InChI=1S/C11H15N3O/c1-7-4-8(2-3-10(7)12)14-9-5-11(15)13-6-9/h2-4,9,14H,5-6,12H2,1H3,(H,13,15). The molecule has 0 saturated carbocycles. The minimum Gasteiger partial charge on any atom is -0.399 e. The number of nitrogen functional groups attached to an aromatic ring is 1. The van der Waals surface area contributed by atoms with Crippen molar-refractivity contribution in [3.8, 4) is 0 Å². The number of benzene rings is 1. The first-order valence-corrected chi connectivity index (χ1v) is 5.04. The molecule has 80 valence electrons. The average Bonchev–Trinajstić information content (AvgIpc) is 2.58. The van der Waals surface area contributed by atoms with Gasteiger partial charge in [-0.15, -0.1) is 0 Å². The molecule has 1 unspecified atom stereocenters. The number of amides is 1. The summed E-state index contributed by atoms with van der Waals surface area (Å²) in [5.74, 6) is 0.111. The largest absolute Gasteiger partial charge is 0.399 e. The van der Waals surface area contributed by atoms with Crippen LogP contribution in [0.5, 0.6) is 0 Å². The third-order valence-electron chi connectivity index (χ3n) is 2.62. The van der Waals surface area contributed by atoms with Crippen molar-refractivity contribution in [3.05, 3.63) is 23.8 Å². The molecule has 1 atom stereocenters. The predicted molar refractivity (Wildman–Crippen MR) is 60.6 cm³/mol. The zero-order chi connectivity index (χ0) is 10.8. The van der Waals surface area contributed by atoms with E-state index < -0.39 is 0 Å². The number of nitrogens with one attached hydrogen (secondary N) is 2. The molecule has 0 bridgehead atoms. The van der Waals surface area contributed by atoms with E-state index >= 15 is 0 Å². The fourth-order valence-electron chi connectivity index (χ4n) is 1.71. The molecule has 0 spiro atoms. The van der Waals surface area contributed by atoms with Crippen molar-refractivity contribution < 1.29 is 4.79 Å². The highest BCUT2D eigenvalue weighted by Crippen LogP contribution is 2.18. The molecule has 0 radical (unpaired) electrons. The number of aryl methyl sites for hydroxylation is 1. The Morgan fingerprint density at radius 1 is 1.53 bits per heavy atom. The summed E-state index contributed by atoms with van der Waals surface area (Å²) in [6.45, 7) is 2.67. The van der Waals surface area contributed by atoms with Crippen molar-refractivity contribution in [3.63, 3.8) is 0 Å². The van der Waals surface area contributed by atoms with Gasteiger partial charge in [0.15, 0.2) is 0 Å². The molecule has 4 nitrogen and oxygen atoms in total. The van der Waals surface area contributed by atoms with Gasteiger partial charge in [-0.05, 0) is 30.7 Å². The van der Waals surface area contributed by atoms with Crippen LogP contribution >= 0.6 is 0 Å². The molecule has 4 heteroatoms. The topological polar surface area (TPSA) is 67.1 Å². The summed E-state index contributed by atoms with van der Waals surface area (Å²) in [5.41, 5.74) is 8.59. The van der Waals surface area contributed by atoms with E-state index in [1.54, 1.807) is 0 Å². The SMILES string of the molecule is Cc1cc(NC2CNC(=O)C2)ccc1N. The van der Waals surface area contributed by atoms with Crippen molar-refractivity contribution in [2.75, 3.05) is 17.6 Å². The summed E-state index contributed by atoms with van der Waals surface area (Å²) in [6.07, 6.45) is 0.545. The van der Waals surface area contributed by atoms with Crippen molar-refractivity contribution in [2.45, 2.75) is 19.4 Å². The molecule has 1 aromatic rings. The number of rotatable bonds is 2. The van der Waals surface area contributed by atoms with E-state index in [2.05, 4.69) is 10.6 Å². The summed E-state index contributed by atoms with van der Waals surface area (Å²) < 4.78 is 0. The first-order valence-electron chi connectivity index (χ1n) is 5.04. The Labute approximate surface area is 88.9 Å². The maximum absolute atomic E-state index is 11.0. The molecule has 1 aliphatic rings. The van der Waals surface area contributed by atoms with Crippen LogP contribution in [0.2, 0.25) is 0 Å². The van der Waals surface area contributed by atoms with Crippen LogP contribution in [-0.4, -0.2) is 18.5 Å². The highest BCUT2D eigenvalue weighted by molar-refractivity contribution is 5.79. The number of hydrogen-bond donors (Lipinski definition) is 3. The normalized spacial score (nSPS) is 20.1. The van der Waals surface area contributed by atoms with E-state index in [1.165, 1.54) is 0 Å². The molecule has 4 N–H and O–H groups in total. The van der Waals surface area contributed by atoms with E-state index in [0.717, 1.165) is 16.9 Å². The second kappa shape index (κ2) is 3.81. The first kappa shape index (κ1) is 9.83. The van der Waals surface area contributed by atoms with E-state index in [1.807, 2.05) is 25.1 Å². The summed E-state index contributed by atoms with van der Waals surface area (Å²) >= 11 is 0. The quantitative estimate of drug-likeness (QED) is 0.628.